The van der Waals surface area contributed by atoms with Crippen LogP contribution >= 0.6 is 0 Å². The van der Waals surface area contributed by atoms with E-state index in [1.807, 2.05) is 6.07 Å². The second-order valence-corrected chi connectivity index (χ2v) is 6.23. The van der Waals surface area contributed by atoms with Gasteiger partial charge in [-0.3, -0.25) is 0 Å². The summed E-state index contributed by atoms with van der Waals surface area (Å²) in [6.07, 6.45) is 3.11. The zero-order chi connectivity index (χ0) is 14.1. The van der Waals surface area contributed by atoms with Crippen LogP contribution in [-0.2, 0) is 15.7 Å². The number of hydrogen-bond donors (Lipinski definition) is 0. The molecule has 1 aliphatic rings. The molecular formula is C16H23BO2. The molecule has 1 saturated heterocycles. The molecule has 2 rings (SSSR count). The van der Waals surface area contributed by atoms with E-state index in [-0.39, 0.29) is 18.3 Å². The average molecular weight is 258 g/mol. The minimum Gasteiger partial charge on any atom is -0.400 e. The number of hydrogen-bond acceptors (Lipinski definition) is 2. The molecule has 0 radical (unpaired) electrons. The summed E-state index contributed by atoms with van der Waals surface area (Å²) in [5, 5.41) is 0. The third-order valence-corrected chi connectivity index (χ3v) is 4.13. The normalized spacial score (nSPS) is 21.7. The maximum absolute atomic E-state index is 6.02. The highest BCUT2D eigenvalue weighted by Gasteiger charge is 2.51. The van der Waals surface area contributed by atoms with Gasteiger partial charge in [0.25, 0.3) is 0 Å². The molecule has 19 heavy (non-hydrogen) atoms. The van der Waals surface area contributed by atoms with Crippen LogP contribution in [0.25, 0.3) is 0 Å². The first-order chi connectivity index (χ1) is 8.82. The minimum atomic E-state index is -0.264. The van der Waals surface area contributed by atoms with Crippen LogP contribution in [0.5, 0.6) is 0 Å². The lowest BCUT2D eigenvalue weighted by Gasteiger charge is -2.32. The fourth-order valence-electron chi connectivity index (χ4n) is 2.02. The number of benzene rings is 1. The van der Waals surface area contributed by atoms with Crippen molar-refractivity contribution >= 4 is 7.12 Å². The summed E-state index contributed by atoms with van der Waals surface area (Å²) in [6.45, 7) is 10.4. The third kappa shape index (κ3) is 3.10. The summed E-state index contributed by atoms with van der Waals surface area (Å²) in [7, 11) is -0.228. The van der Waals surface area contributed by atoms with Gasteiger partial charge >= 0.3 is 7.12 Å². The van der Waals surface area contributed by atoms with E-state index in [9.17, 15) is 0 Å². The Labute approximate surface area is 117 Å². The Kier molecular flexibility index (Phi) is 3.89. The van der Waals surface area contributed by atoms with Crippen LogP contribution in [-0.4, -0.2) is 18.3 Å². The first-order valence-electron chi connectivity index (χ1n) is 6.88. The van der Waals surface area contributed by atoms with Gasteiger partial charge < -0.3 is 9.31 Å². The summed E-state index contributed by atoms with van der Waals surface area (Å²) in [5.41, 5.74) is 1.92. The minimum absolute atomic E-state index is 0.228. The van der Waals surface area contributed by atoms with Crippen molar-refractivity contribution in [2.45, 2.75) is 52.2 Å². The maximum atomic E-state index is 6.02. The molecule has 1 fully saturated rings. The predicted octanol–water partition coefficient (Wildman–Crippen LogP) is 3.81. The first kappa shape index (κ1) is 14.4. The molecule has 1 aromatic carbocycles. The van der Waals surface area contributed by atoms with Crippen molar-refractivity contribution in [3.8, 4) is 0 Å². The molecule has 0 unspecified atom stereocenters. The molecule has 2 nitrogen and oxygen atoms in total. The van der Waals surface area contributed by atoms with E-state index in [0.717, 1.165) is 11.9 Å². The van der Waals surface area contributed by atoms with Crippen LogP contribution in [0.15, 0.2) is 41.9 Å². The third-order valence-electron chi connectivity index (χ3n) is 4.13. The van der Waals surface area contributed by atoms with E-state index in [1.54, 1.807) is 0 Å². The van der Waals surface area contributed by atoms with Crippen molar-refractivity contribution in [3.63, 3.8) is 0 Å². The van der Waals surface area contributed by atoms with Gasteiger partial charge in [-0.25, -0.2) is 0 Å². The van der Waals surface area contributed by atoms with Crippen molar-refractivity contribution in [1.82, 2.24) is 0 Å². The van der Waals surface area contributed by atoms with Crippen molar-refractivity contribution in [3.05, 3.63) is 47.4 Å². The molecule has 3 heteroatoms. The Balaban J connectivity index is 2.04. The summed E-state index contributed by atoms with van der Waals surface area (Å²) < 4.78 is 12.0. The van der Waals surface area contributed by atoms with Crippen molar-refractivity contribution in [1.29, 1.82) is 0 Å². The van der Waals surface area contributed by atoms with E-state index in [2.05, 4.69) is 65.0 Å². The fraction of sp³-hybridized carbons (Fsp3) is 0.500. The number of rotatable bonds is 3. The van der Waals surface area contributed by atoms with Gasteiger partial charge in [-0.2, -0.15) is 0 Å². The fourth-order valence-corrected chi connectivity index (χ4v) is 2.02. The second kappa shape index (κ2) is 5.14. The van der Waals surface area contributed by atoms with Gasteiger partial charge in [0, 0.05) is 0 Å². The van der Waals surface area contributed by atoms with Gasteiger partial charge in [0.15, 0.2) is 0 Å². The molecule has 0 bridgehead atoms. The summed E-state index contributed by atoms with van der Waals surface area (Å²) in [4.78, 5) is 0. The van der Waals surface area contributed by atoms with Gasteiger partial charge in [-0.05, 0) is 52.1 Å². The van der Waals surface area contributed by atoms with Crippen LogP contribution in [0.3, 0.4) is 0 Å². The molecule has 1 aromatic rings. The lowest BCUT2D eigenvalue weighted by atomic mass is 9.78. The van der Waals surface area contributed by atoms with Gasteiger partial charge in [0.2, 0.25) is 0 Å². The Hall–Kier alpha value is -1.06. The Bertz CT molecular complexity index is 447. The van der Waals surface area contributed by atoms with Crippen LogP contribution < -0.4 is 0 Å². The molecule has 0 N–H and O–H groups in total. The Morgan fingerprint density at radius 3 is 2.11 bits per heavy atom. The molecule has 0 aliphatic carbocycles. The van der Waals surface area contributed by atoms with E-state index >= 15 is 0 Å². The highest BCUT2D eigenvalue weighted by Crippen LogP contribution is 2.38. The van der Waals surface area contributed by atoms with E-state index < -0.39 is 0 Å². The molecule has 1 aliphatic heterocycles. The van der Waals surface area contributed by atoms with Crippen LogP contribution in [0.1, 0.15) is 40.2 Å². The highest BCUT2D eigenvalue weighted by molar-refractivity contribution is 6.54. The van der Waals surface area contributed by atoms with Crippen molar-refractivity contribution in [2.75, 3.05) is 0 Å². The SMILES string of the molecule is C/C(=C\Cc1ccccc1)B1OC(C)(C)C(C)(C)O1. The lowest BCUT2D eigenvalue weighted by Crippen LogP contribution is -2.41. The summed E-state index contributed by atoms with van der Waals surface area (Å²) >= 11 is 0. The van der Waals surface area contributed by atoms with E-state index in [4.69, 9.17) is 9.31 Å². The summed E-state index contributed by atoms with van der Waals surface area (Å²) in [6, 6.07) is 10.4. The predicted molar refractivity (Wildman–Crippen MR) is 80.0 cm³/mol. The van der Waals surface area contributed by atoms with E-state index in [0.29, 0.717) is 0 Å². The molecule has 0 aromatic heterocycles. The van der Waals surface area contributed by atoms with Crippen LogP contribution in [0, 0.1) is 0 Å². The highest BCUT2D eigenvalue weighted by atomic mass is 16.7. The van der Waals surface area contributed by atoms with Crippen molar-refractivity contribution < 1.29 is 9.31 Å². The zero-order valence-electron chi connectivity index (χ0n) is 12.6. The van der Waals surface area contributed by atoms with E-state index in [1.165, 1.54) is 5.56 Å². The summed E-state index contributed by atoms with van der Waals surface area (Å²) in [5.74, 6) is 0. The van der Waals surface area contributed by atoms with Gasteiger partial charge in [0.1, 0.15) is 0 Å². The number of allylic oxidation sites excluding steroid dienone is 2. The monoisotopic (exact) mass is 258 g/mol. The second-order valence-electron chi connectivity index (χ2n) is 6.23. The molecule has 1 heterocycles. The Morgan fingerprint density at radius 2 is 1.58 bits per heavy atom. The van der Waals surface area contributed by atoms with Crippen LogP contribution in [0.4, 0.5) is 0 Å². The Morgan fingerprint density at radius 1 is 1.05 bits per heavy atom. The molecule has 0 amide bonds. The first-order valence-corrected chi connectivity index (χ1v) is 6.88. The smallest absolute Gasteiger partial charge is 0.400 e. The largest absolute Gasteiger partial charge is 0.489 e. The van der Waals surface area contributed by atoms with Gasteiger partial charge in [0.05, 0.1) is 11.2 Å². The zero-order valence-corrected chi connectivity index (χ0v) is 12.6. The molecule has 102 valence electrons. The molecule has 0 atom stereocenters. The average Bonchev–Trinajstić information content (AvgIpc) is 2.57. The molecule has 0 spiro atoms. The molecule has 0 saturated carbocycles. The maximum Gasteiger partial charge on any atom is 0.489 e. The van der Waals surface area contributed by atoms with Crippen molar-refractivity contribution in [2.24, 2.45) is 0 Å². The van der Waals surface area contributed by atoms with Gasteiger partial charge in [-0.1, -0.05) is 36.4 Å². The molecular weight excluding hydrogens is 235 g/mol. The van der Waals surface area contributed by atoms with Crippen LogP contribution in [0.2, 0.25) is 0 Å². The van der Waals surface area contributed by atoms with Gasteiger partial charge in [-0.15, -0.1) is 0 Å². The standard InChI is InChI=1S/C16H23BO2/c1-13(11-12-14-9-7-6-8-10-14)17-18-15(2,3)16(4,5)19-17/h6-11H,12H2,1-5H3/b13-11+. The quantitative estimate of drug-likeness (QED) is 0.767. The lowest BCUT2D eigenvalue weighted by molar-refractivity contribution is 0.00578. The topological polar surface area (TPSA) is 18.5 Å².